The molecule has 138 valence electrons. The molecule has 2 aliphatic rings. The molecule has 3 rings (SSSR count). The zero-order chi connectivity index (χ0) is 19.1. The van der Waals surface area contributed by atoms with E-state index in [-0.39, 0.29) is 22.4 Å². The molecule has 0 bridgehead atoms. The molecule has 2 unspecified atom stereocenters. The van der Waals surface area contributed by atoms with Gasteiger partial charge in [0.05, 0.1) is 29.2 Å². The molecule has 0 N–H and O–H groups in total. The normalized spacial score (nSPS) is 25.9. The van der Waals surface area contributed by atoms with Gasteiger partial charge in [-0.2, -0.15) is 23.4 Å². The molecule has 2 fully saturated rings. The second kappa shape index (κ2) is 6.59. The molecule has 0 radical (unpaired) electrons. The van der Waals surface area contributed by atoms with Gasteiger partial charge < -0.3 is 4.90 Å². The zero-order valence-electron chi connectivity index (χ0n) is 13.1. The van der Waals surface area contributed by atoms with E-state index in [2.05, 4.69) is 4.99 Å². The molecule has 2 aliphatic heterocycles. The number of carbonyl (C=O) groups is 1. The van der Waals surface area contributed by atoms with E-state index in [1.807, 2.05) is 0 Å². The van der Waals surface area contributed by atoms with Crippen molar-refractivity contribution in [3.05, 3.63) is 29.8 Å². The van der Waals surface area contributed by atoms with Gasteiger partial charge in [-0.3, -0.25) is 4.79 Å². The first-order valence-corrected chi connectivity index (χ1v) is 10.1. The van der Waals surface area contributed by atoms with E-state index < -0.39 is 45.2 Å². The van der Waals surface area contributed by atoms with Crippen LogP contribution in [0.2, 0.25) is 0 Å². The summed E-state index contributed by atoms with van der Waals surface area (Å²) in [5.41, 5.74) is -0.771. The van der Waals surface area contributed by atoms with Crippen LogP contribution in [-0.2, 0) is 20.8 Å². The lowest BCUT2D eigenvalue weighted by Gasteiger charge is -2.25. The van der Waals surface area contributed by atoms with Crippen LogP contribution in [0.15, 0.2) is 29.3 Å². The summed E-state index contributed by atoms with van der Waals surface area (Å²) in [6.07, 6.45) is -5.02. The molecule has 1 aromatic carbocycles. The lowest BCUT2D eigenvalue weighted by molar-refractivity contribution is -0.137. The molecule has 0 aliphatic carbocycles. The minimum atomic E-state index is -4.56. The van der Waals surface area contributed by atoms with Crippen molar-refractivity contribution in [2.24, 2.45) is 4.99 Å². The fourth-order valence-corrected chi connectivity index (χ4v) is 6.84. The monoisotopic (exact) mass is 403 g/mol. The van der Waals surface area contributed by atoms with E-state index in [4.69, 9.17) is 5.26 Å². The van der Waals surface area contributed by atoms with Crippen LogP contribution in [0, 0.1) is 11.3 Å². The fraction of sp³-hybridized carbons (Fsp3) is 0.400. The van der Waals surface area contributed by atoms with Crippen LogP contribution in [0.4, 0.5) is 18.9 Å². The second-order valence-electron chi connectivity index (χ2n) is 5.84. The lowest BCUT2D eigenvalue weighted by Crippen LogP contribution is -2.37. The predicted molar refractivity (Wildman–Crippen MR) is 90.4 cm³/mol. The Morgan fingerprint density at radius 1 is 1.38 bits per heavy atom. The molecule has 1 aromatic rings. The highest BCUT2D eigenvalue weighted by Gasteiger charge is 2.49. The van der Waals surface area contributed by atoms with E-state index in [0.717, 1.165) is 23.9 Å². The standard InChI is InChI=1S/C15H12F3N3O3S2/c16-15(17,18)9-2-1-3-10(6-9)21-11-7-26(23,24)8-12(11)25-14(21)20-13(22)4-5-19/h1-3,6,11-12H,4,7-8H2. The molecule has 0 spiro atoms. The Kier molecular flexibility index (Phi) is 4.74. The van der Waals surface area contributed by atoms with Gasteiger partial charge in [0.15, 0.2) is 15.0 Å². The van der Waals surface area contributed by atoms with Gasteiger partial charge in [-0.1, -0.05) is 17.8 Å². The number of amides is 1. The number of hydrogen-bond donors (Lipinski definition) is 0. The first-order valence-electron chi connectivity index (χ1n) is 7.43. The van der Waals surface area contributed by atoms with Crippen LogP contribution in [0.3, 0.4) is 0 Å². The van der Waals surface area contributed by atoms with Crippen molar-refractivity contribution < 1.29 is 26.4 Å². The predicted octanol–water partition coefficient (Wildman–Crippen LogP) is 2.22. The number of carbonyl (C=O) groups excluding carboxylic acids is 1. The van der Waals surface area contributed by atoms with E-state index in [1.54, 1.807) is 6.07 Å². The van der Waals surface area contributed by atoms with Crippen molar-refractivity contribution in [1.82, 2.24) is 0 Å². The van der Waals surface area contributed by atoms with Crippen molar-refractivity contribution >= 4 is 38.4 Å². The maximum absolute atomic E-state index is 13.0. The van der Waals surface area contributed by atoms with E-state index in [1.165, 1.54) is 17.0 Å². The van der Waals surface area contributed by atoms with E-state index in [0.29, 0.717) is 0 Å². The summed E-state index contributed by atoms with van der Waals surface area (Å²) in [6, 6.07) is 5.49. The molecule has 11 heteroatoms. The van der Waals surface area contributed by atoms with Gasteiger partial charge in [0, 0.05) is 10.9 Å². The highest BCUT2D eigenvalue weighted by molar-refractivity contribution is 8.16. The topological polar surface area (TPSA) is 90.6 Å². The van der Waals surface area contributed by atoms with Crippen LogP contribution in [-0.4, -0.2) is 42.3 Å². The van der Waals surface area contributed by atoms with E-state index in [9.17, 15) is 26.4 Å². The van der Waals surface area contributed by atoms with Gasteiger partial charge in [0.2, 0.25) is 0 Å². The number of thioether (sulfide) groups is 1. The number of amidine groups is 1. The Hall–Kier alpha value is -2.06. The van der Waals surface area contributed by atoms with Gasteiger partial charge in [0.25, 0.3) is 5.91 Å². The SMILES string of the molecule is N#CCC(=O)N=C1SC2CS(=O)(=O)CC2N1c1cccc(C(F)(F)F)c1. The average Bonchev–Trinajstić information content (AvgIpc) is 2.97. The number of nitrogens with zero attached hydrogens (tertiary/aromatic N) is 3. The maximum Gasteiger partial charge on any atom is 0.416 e. The smallest absolute Gasteiger partial charge is 0.316 e. The van der Waals surface area contributed by atoms with Crippen LogP contribution in [0.25, 0.3) is 0 Å². The van der Waals surface area contributed by atoms with Crippen LogP contribution in [0.1, 0.15) is 12.0 Å². The number of anilines is 1. The summed E-state index contributed by atoms with van der Waals surface area (Å²) < 4.78 is 62.9. The first kappa shape index (κ1) is 18.7. The summed E-state index contributed by atoms with van der Waals surface area (Å²) >= 11 is 1.04. The molecule has 2 saturated heterocycles. The quantitative estimate of drug-likeness (QED) is 0.752. The van der Waals surface area contributed by atoms with Gasteiger partial charge >= 0.3 is 6.18 Å². The summed E-state index contributed by atoms with van der Waals surface area (Å²) in [5, 5.41) is 8.28. The Bertz CT molecular complexity index is 922. The average molecular weight is 403 g/mol. The number of hydrogen-bond acceptors (Lipinski definition) is 5. The number of nitriles is 1. The number of benzene rings is 1. The molecule has 6 nitrogen and oxygen atoms in total. The molecule has 0 aromatic heterocycles. The minimum absolute atomic E-state index is 0.112. The largest absolute Gasteiger partial charge is 0.416 e. The zero-order valence-corrected chi connectivity index (χ0v) is 14.7. The van der Waals surface area contributed by atoms with Gasteiger partial charge in [-0.15, -0.1) is 0 Å². The number of aliphatic imine (C=N–C) groups is 1. The van der Waals surface area contributed by atoms with Gasteiger partial charge in [-0.05, 0) is 18.2 Å². The lowest BCUT2D eigenvalue weighted by atomic mass is 10.1. The van der Waals surface area contributed by atoms with Crippen molar-refractivity contribution in [2.45, 2.75) is 23.9 Å². The molecular weight excluding hydrogens is 391 g/mol. The third kappa shape index (κ3) is 3.71. The molecule has 2 atom stereocenters. The molecule has 26 heavy (non-hydrogen) atoms. The van der Waals surface area contributed by atoms with E-state index >= 15 is 0 Å². The number of halogens is 3. The number of alkyl halides is 3. The number of sulfone groups is 1. The van der Waals surface area contributed by atoms with Crippen LogP contribution < -0.4 is 4.90 Å². The molecule has 1 amide bonds. The number of fused-ring (bicyclic) bond motifs is 1. The van der Waals surface area contributed by atoms with Crippen LogP contribution in [0.5, 0.6) is 0 Å². The van der Waals surface area contributed by atoms with Gasteiger partial charge in [-0.25, -0.2) is 8.42 Å². The van der Waals surface area contributed by atoms with Crippen molar-refractivity contribution in [3.8, 4) is 6.07 Å². The van der Waals surface area contributed by atoms with Crippen molar-refractivity contribution in [1.29, 1.82) is 5.26 Å². The molecular formula is C15H12F3N3O3S2. The number of rotatable bonds is 2. The summed E-state index contributed by atoms with van der Waals surface area (Å²) in [4.78, 5) is 16.9. The van der Waals surface area contributed by atoms with Crippen LogP contribution >= 0.6 is 11.8 Å². The summed E-state index contributed by atoms with van der Waals surface area (Å²) in [7, 11) is -3.32. The maximum atomic E-state index is 13.0. The third-order valence-corrected chi connectivity index (χ3v) is 7.18. The first-order chi connectivity index (χ1) is 12.1. The summed E-state index contributed by atoms with van der Waals surface area (Å²) in [6.45, 7) is 0. The van der Waals surface area contributed by atoms with Gasteiger partial charge in [0.1, 0.15) is 6.42 Å². The Labute approximate surface area is 151 Å². The highest BCUT2D eigenvalue weighted by atomic mass is 32.2. The third-order valence-electron chi connectivity index (χ3n) is 3.97. The second-order valence-corrected chi connectivity index (χ2v) is 9.20. The minimum Gasteiger partial charge on any atom is -0.316 e. The van der Waals surface area contributed by atoms with Crippen molar-refractivity contribution in [2.75, 3.05) is 16.4 Å². The van der Waals surface area contributed by atoms with Crippen molar-refractivity contribution in [3.63, 3.8) is 0 Å². The Morgan fingerprint density at radius 3 is 2.77 bits per heavy atom. The fourth-order valence-electron chi connectivity index (χ4n) is 2.91. The summed E-state index contributed by atoms with van der Waals surface area (Å²) in [5.74, 6) is -1.09. The Morgan fingerprint density at radius 2 is 2.12 bits per heavy atom. The highest BCUT2D eigenvalue weighted by Crippen LogP contribution is 2.42. The Balaban J connectivity index is 2.04. The molecule has 0 saturated carbocycles. The molecule has 2 heterocycles.